The molecule has 0 aliphatic heterocycles. The first-order valence-corrected chi connectivity index (χ1v) is 6.71. The van der Waals surface area contributed by atoms with E-state index < -0.39 is 0 Å². The molecule has 0 saturated heterocycles. The van der Waals surface area contributed by atoms with Gasteiger partial charge in [0.2, 0.25) is 0 Å². The van der Waals surface area contributed by atoms with Gasteiger partial charge < -0.3 is 10.1 Å². The zero-order valence-corrected chi connectivity index (χ0v) is 11.2. The second kappa shape index (κ2) is 6.32. The number of rotatable bonds is 4. The Morgan fingerprint density at radius 3 is 2.68 bits per heavy atom. The number of carbonyl (C=O) groups is 1. The van der Waals surface area contributed by atoms with Crippen molar-refractivity contribution in [1.29, 1.82) is 5.41 Å². The Hall–Kier alpha value is -1.90. The van der Waals surface area contributed by atoms with Crippen LogP contribution in [0.15, 0.2) is 30.3 Å². The van der Waals surface area contributed by atoms with Crippen molar-refractivity contribution in [3.05, 3.63) is 41.5 Å². The van der Waals surface area contributed by atoms with Gasteiger partial charge in [-0.25, -0.2) is 0 Å². The Morgan fingerprint density at radius 1 is 1.42 bits per heavy atom. The minimum absolute atomic E-state index is 0.0181. The molecule has 1 aliphatic rings. The summed E-state index contributed by atoms with van der Waals surface area (Å²) in [5.41, 5.74) is 3.38. The first-order valence-electron chi connectivity index (χ1n) is 6.71. The highest BCUT2D eigenvalue weighted by atomic mass is 16.5. The molecule has 1 N–H and O–H groups in total. The summed E-state index contributed by atoms with van der Waals surface area (Å²) < 4.78 is 5.06. The largest absolute Gasteiger partial charge is 0.466 e. The summed E-state index contributed by atoms with van der Waals surface area (Å²) in [6, 6.07) is 7.97. The van der Waals surface area contributed by atoms with Gasteiger partial charge in [-0.05, 0) is 42.9 Å². The lowest BCUT2D eigenvalue weighted by Gasteiger charge is -2.20. The fourth-order valence-electron chi connectivity index (χ4n) is 2.36. The summed E-state index contributed by atoms with van der Waals surface area (Å²) in [4.78, 5) is 11.6. The van der Waals surface area contributed by atoms with Crippen LogP contribution in [0.4, 0.5) is 0 Å². The average Bonchev–Trinajstić information content (AvgIpc) is 2.48. The molecule has 1 aromatic carbocycles. The molecule has 0 saturated carbocycles. The van der Waals surface area contributed by atoms with E-state index >= 15 is 0 Å². The van der Waals surface area contributed by atoms with Crippen LogP contribution in [-0.2, 0) is 9.53 Å². The van der Waals surface area contributed by atoms with Crippen molar-refractivity contribution in [3.63, 3.8) is 0 Å². The Bertz CT molecular complexity index is 488. The van der Waals surface area contributed by atoms with Gasteiger partial charge in [-0.2, -0.15) is 0 Å². The molecule has 19 heavy (non-hydrogen) atoms. The zero-order chi connectivity index (χ0) is 13.7. The molecule has 0 radical (unpaired) electrons. The quantitative estimate of drug-likeness (QED) is 0.663. The molecule has 0 amide bonds. The molecule has 1 aromatic rings. The molecule has 0 bridgehead atoms. The number of hydrogen-bond acceptors (Lipinski definition) is 3. The molecule has 100 valence electrons. The second-order valence-corrected chi connectivity index (χ2v) is 4.72. The van der Waals surface area contributed by atoms with Gasteiger partial charge >= 0.3 is 5.97 Å². The monoisotopic (exact) mass is 257 g/mol. The standard InChI is InChI=1S/C16H19NO2/c1-2-19-16(18)15-9-7-14(8-10-15)13-5-3-12(11-17)4-6-13/h3-7,11,15,17H,2,8-10H2,1H3. The molecule has 0 heterocycles. The molecule has 1 atom stereocenters. The average molecular weight is 257 g/mol. The van der Waals surface area contributed by atoms with Crippen LogP contribution < -0.4 is 0 Å². The van der Waals surface area contributed by atoms with Gasteiger partial charge in [-0.3, -0.25) is 4.79 Å². The number of ether oxygens (including phenoxy) is 1. The molecule has 0 spiro atoms. The van der Waals surface area contributed by atoms with Gasteiger partial charge in [0, 0.05) is 6.21 Å². The second-order valence-electron chi connectivity index (χ2n) is 4.72. The molecule has 0 fully saturated rings. The Labute approximate surface area is 113 Å². The maximum atomic E-state index is 11.6. The molecule has 1 aliphatic carbocycles. The molecular formula is C16H19NO2. The van der Waals surface area contributed by atoms with Crippen LogP contribution in [0, 0.1) is 11.3 Å². The highest BCUT2D eigenvalue weighted by molar-refractivity contribution is 5.79. The van der Waals surface area contributed by atoms with Gasteiger partial charge in [-0.1, -0.05) is 30.3 Å². The summed E-state index contributed by atoms with van der Waals surface area (Å²) >= 11 is 0. The molecule has 3 nitrogen and oxygen atoms in total. The molecule has 3 heteroatoms. The lowest BCUT2D eigenvalue weighted by molar-refractivity contribution is -0.148. The lowest BCUT2D eigenvalue weighted by atomic mass is 9.86. The summed E-state index contributed by atoms with van der Waals surface area (Å²) in [5, 5.41) is 7.18. The van der Waals surface area contributed by atoms with Crippen molar-refractivity contribution in [1.82, 2.24) is 0 Å². The number of esters is 1. The first kappa shape index (κ1) is 13.5. The van der Waals surface area contributed by atoms with Gasteiger partial charge in [0.1, 0.15) is 0 Å². The van der Waals surface area contributed by atoms with E-state index in [1.807, 2.05) is 31.2 Å². The molecule has 1 unspecified atom stereocenters. The Kier molecular flexibility index (Phi) is 4.50. The highest BCUT2D eigenvalue weighted by Gasteiger charge is 2.22. The van der Waals surface area contributed by atoms with Crippen molar-refractivity contribution in [2.45, 2.75) is 26.2 Å². The molecule has 0 aromatic heterocycles. The van der Waals surface area contributed by atoms with Crippen LogP contribution in [0.1, 0.15) is 37.3 Å². The fourth-order valence-corrected chi connectivity index (χ4v) is 2.36. The third-order valence-corrected chi connectivity index (χ3v) is 3.48. The zero-order valence-electron chi connectivity index (χ0n) is 11.2. The number of allylic oxidation sites excluding steroid dienone is 2. The fraction of sp³-hybridized carbons (Fsp3) is 0.375. The minimum Gasteiger partial charge on any atom is -0.466 e. The van der Waals surface area contributed by atoms with E-state index in [2.05, 4.69) is 6.08 Å². The predicted octanol–water partition coefficient (Wildman–Crippen LogP) is 3.43. The van der Waals surface area contributed by atoms with E-state index in [0.29, 0.717) is 6.61 Å². The van der Waals surface area contributed by atoms with Crippen molar-refractivity contribution >= 4 is 17.8 Å². The predicted molar refractivity (Wildman–Crippen MR) is 76.3 cm³/mol. The van der Waals surface area contributed by atoms with Gasteiger partial charge in [-0.15, -0.1) is 0 Å². The van der Waals surface area contributed by atoms with Crippen LogP contribution in [0.3, 0.4) is 0 Å². The summed E-state index contributed by atoms with van der Waals surface area (Å²) in [7, 11) is 0. The number of nitrogens with one attached hydrogen (secondary N) is 1. The molecule has 2 rings (SSSR count). The van der Waals surface area contributed by atoms with E-state index in [4.69, 9.17) is 10.1 Å². The maximum Gasteiger partial charge on any atom is 0.309 e. The van der Waals surface area contributed by atoms with Crippen molar-refractivity contribution < 1.29 is 9.53 Å². The van der Waals surface area contributed by atoms with E-state index in [-0.39, 0.29) is 11.9 Å². The van der Waals surface area contributed by atoms with E-state index in [1.54, 1.807) is 0 Å². The van der Waals surface area contributed by atoms with Gasteiger partial charge in [0.05, 0.1) is 12.5 Å². The maximum absolute atomic E-state index is 11.6. The topological polar surface area (TPSA) is 50.2 Å². The van der Waals surface area contributed by atoms with Gasteiger partial charge in [0.25, 0.3) is 0 Å². The number of benzene rings is 1. The van der Waals surface area contributed by atoms with Crippen molar-refractivity contribution in [2.24, 2.45) is 5.92 Å². The Morgan fingerprint density at radius 2 is 2.16 bits per heavy atom. The third kappa shape index (κ3) is 3.31. The summed E-state index contributed by atoms with van der Waals surface area (Å²) in [6.07, 6.45) is 6.02. The highest BCUT2D eigenvalue weighted by Crippen LogP contribution is 2.30. The summed E-state index contributed by atoms with van der Waals surface area (Å²) in [6.45, 7) is 2.30. The van der Waals surface area contributed by atoms with Gasteiger partial charge in [0.15, 0.2) is 0 Å². The molecular weight excluding hydrogens is 238 g/mol. The van der Waals surface area contributed by atoms with E-state index in [0.717, 1.165) is 24.8 Å². The van der Waals surface area contributed by atoms with E-state index in [9.17, 15) is 4.79 Å². The van der Waals surface area contributed by atoms with E-state index in [1.165, 1.54) is 17.4 Å². The smallest absolute Gasteiger partial charge is 0.309 e. The van der Waals surface area contributed by atoms with Crippen LogP contribution in [0.25, 0.3) is 5.57 Å². The SMILES string of the molecule is CCOC(=O)C1CC=C(c2ccc(C=N)cc2)CC1. The van der Waals surface area contributed by atoms with Crippen molar-refractivity contribution in [2.75, 3.05) is 6.61 Å². The van der Waals surface area contributed by atoms with Crippen LogP contribution >= 0.6 is 0 Å². The summed E-state index contributed by atoms with van der Waals surface area (Å²) in [5.74, 6) is -0.0542. The van der Waals surface area contributed by atoms with Crippen LogP contribution in [-0.4, -0.2) is 18.8 Å². The normalized spacial score (nSPS) is 18.6. The van der Waals surface area contributed by atoms with Crippen LogP contribution in [0.5, 0.6) is 0 Å². The number of carbonyl (C=O) groups excluding carboxylic acids is 1. The number of hydrogen-bond donors (Lipinski definition) is 1. The van der Waals surface area contributed by atoms with Crippen molar-refractivity contribution in [3.8, 4) is 0 Å². The van der Waals surface area contributed by atoms with Crippen LogP contribution in [0.2, 0.25) is 0 Å². The lowest BCUT2D eigenvalue weighted by Crippen LogP contribution is -2.19. The minimum atomic E-state index is -0.0723. The first-order chi connectivity index (χ1) is 9.24. The third-order valence-electron chi connectivity index (χ3n) is 3.48. The Balaban J connectivity index is 2.03.